The van der Waals surface area contributed by atoms with Gasteiger partial charge < -0.3 is 5.32 Å². The standard InChI is InChI=1S/C18H14FNO/c19-17-8-4-3-7-15(17)12-18(21)20-16-10-9-13-5-1-2-6-14(13)11-16/h1-11H,12H2,(H,20,21). The number of anilines is 1. The van der Waals surface area contributed by atoms with Gasteiger partial charge in [-0.1, -0.05) is 48.5 Å². The highest BCUT2D eigenvalue weighted by molar-refractivity contribution is 5.95. The van der Waals surface area contributed by atoms with E-state index >= 15 is 0 Å². The molecule has 21 heavy (non-hydrogen) atoms. The van der Waals surface area contributed by atoms with Gasteiger partial charge in [0, 0.05) is 5.69 Å². The van der Waals surface area contributed by atoms with Gasteiger partial charge in [-0.3, -0.25) is 4.79 Å². The largest absolute Gasteiger partial charge is 0.326 e. The molecule has 3 aromatic rings. The first-order chi connectivity index (χ1) is 10.2. The average molecular weight is 279 g/mol. The van der Waals surface area contributed by atoms with E-state index < -0.39 is 0 Å². The van der Waals surface area contributed by atoms with E-state index in [0.29, 0.717) is 5.56 Å². The highest BCUT2D eigenvalue weighted by Crippen LogP contribution is 2.19. The van der Waals surface area contributed by atoms with Gasteiger partial charge in [-0.05, 0) is 34.5 Å². The zero-order valence-corrected chi connectivity index (χ0v) is 11.3. The number of hydrogen-bond acceptors (Lipinski definition) is 1. The third kappa shape index (κ3) is 3.08. The highest BCUT2D eigenvalue weighted by atomic mass is 19.1. The van der Waals surface area contributed by atoms with Gasteiger partial charge in [-0.2, -0.15) is 0 Å². The first-order valence-corrected chi connectivity index (χ1v) is 6.74. The average Bonchev–Trinajstić information content (AvgIpc) is 2.49. The molecule has 3 aromatic carbocycles. The van der Waals surface area contributed by atoms with Crippen molar-refractivity contribution < 1.29 is 9.18 Å². The second-order valence-electron chi connectivity index (χ2n) is 4.88. The van der Waals surface area contributed by atoms with Crippen molar-refractivity contribution in [3.63, 3.8) is 0 Å². The van der Waals surface area contributed by atoms with Crippen molar-refractivity contribution in [3.05, 3.63) is 78.1 Å². The summed E-state index contributed by atoms with van der Waals surface area (Å²) in [5.41, 5.74) is 1.12. The van der Waals surface area contributed by atoms with Gasteiger partial charge in [-0.15, -0.1) is 0 Å². The Morgan fingerprint density at radius 2 is 1.62 bits per heavy atom. The van der Waals surface area contributed by atoms with Crippen LogP contribution in [0.25, 0.3) is 10.8 Å². The van der Waals surface area contributed by atoms with Crippen LogP contribution >= 0.6 is 0 Å². The molecule has 104 valence electrons. The van der Waals surface area contributed by atoms with Crippen LogP contribution in [-0.4, -0.2) is 5.91 Å². The maximum absolute atomic E-state index is 13.5. The molecule has 2 nitrogen and oxygen atoms in total. The quantitative estimate of drug-likeness (QED) is 0.766. The Morgan fingerprint density at radius 3 is 2.43 bits per heavy atom. The summed E-state index contributed by atoms with van der Waals surface area (Å²) in [6.07, 6.45) is 0.0273. The molecule has 0 saturated carbocycles. The molecule has 0 aromatic heterocycles. The van der Waals surface area contributed by atoms with Crippen LogP contribution < -0.4 is 5.32 Å². The van der Waals surface area contributed by atoms with E-state index in [2.05, 4.69) is 5.32 Å². The van der Waals surface area contributed by atoms with E-state index in [9.17, 15) is 9.18 Å². The molecule has 1 amide bonds. The van der Waals surface area contributed by atoms with Gasteiger partial charge in [0.1, 0.15) is 5.82 Å². The highest BCUT2D eigenvalue weighted by Gasteiger charge is 2.08. The zero-order chi connectivity index (χ0) is 14.7. The van der Waals surface area contributed by atoms with E-state index in [1.54, 1.807) is 18.2 Å². The maximum Gasteiger partial charge on any atom is 0.228 e. The van der Waals surface area contributed by atoms with Gasteiger partial charge >= 0.3 is 0 Å². The van der Waals surface area contributed by atoms with Crippen LogP contribution in [0.3, 0.4) is 0 Å². The number of nitrogens with one attached hydrogen (secondary N) is 1. The molecular formula is C18H14FNO. The smallest absolute Gasteiger partial charge is 0.228 e. The topological polar surface area (TPSA) is 29.1 Å². The third-order valence-corrected chi connectivity index (χ3v) is 3.34. The van der Waals surface area contributed by atoms with Gasteiger partial charge in [0.05, 0.1) is 6.42 Å². The van der Waals surface area contributed by atoms with Crippen molar-refractivity contribution in [2.45, 2.75) is 6.42 Å². The lowest BCUT2D eigenvalue weighted by atomic mass is 10.1. The van der Waals surface area contributed by atoms with E-state index in [1.165, 1.54) is 6.07 Å². The fraction of sp³-hybridized carbons (Fsp3) is 0.0556. The summed E-state index contributed by atoms with van der Waals surface area (Å²) in [4.78, 5) is 12.0. The second-order valence-corrected chi connectivity index (χ2v) is 4.88. The van der Waals surface area contributed by atoms with Gasteiger partial charge in [0.25, 0.3) is 0 Å². The third-order valence-electron chi connectivity index (χ3n) is 3.34. The Bertz CT molecular complexity index is 798. The van der Waals surface area contributed by atoms with Gasteiger partial charge in [0.15, 0.2) is 0 Å². The number of carbonyl (C=O) groups is 1. The van der Waals surface area contributed by atoms with Crippen molar-refractivity contribution in [3.8, 4) is 0 Å². The van der Waals surface area contributed by atoms with E-state index in [4.69, 9.17) is 0 Å². The lowest BCUT2D eigenvalue weighted by molar-refractivity contribution is -0.115. The van der Waals surface area contributed by atoms with Crippen LogP contribution in [0.1, 0.15) is 5.56 Å². The molecular weight excluding hydrogens is 265 g/mol. The van der Waals surface area contributed by atoms with Crippen molar-refractivity contribution in [1.29, 1.82) is 0 Å². The molecule has 0 unspecified atom stereocenters. The number of hydrogen-bond donors (Lipinski definition) is 1. The minimum Gasteiger partial charge on any atom is -0.326 e. The number of amides is 1. The predicted octanol–water partition coefficient (Wildman–Crippen LogP) is 4.16. The second kappa shape index (κ2) is 5.75. The van der Waals surface area contributed by atoms with E-state index in [-0.39, 0.29) is 18.1 Å². The Labute approximate surface area is 122 Å². The molecule has 0 saturated heterocycles. The summed E-state index contributed by atoms with van der Waals surface area (Å²) in [6.45, 7) is 0. The van der Waals surface area contributed by atoms with Crippen molar-refractivity contribution in [2.24, 2.45) is 0 Å². The molecule has 3 rings (SSSR count). The summed E-state index contributed by atoms with van der Waals surface area (Å²) < 4.78 is 13.5. The number of rotatable bonds is 3. The Morgan fingerprint density at radius 1 is 0.905 bits per heavy atom. The number of fused-ring (bicyclic) bond motifs is 1. The van der Waals surface area contributed by atoms with E-state index in [1.807, 2.05) is 42.5 Å². The molecule has 0 bridgehead atoms. The van der Waals surface area contributed by atoms with Crippen LogP contribution in [0.5, 0.6) is 0 Å². The van der Waals surface area contributed by atoms with Gasteiger partial charge in [0.2, 0.25) is 5.91 Å². The Hall–Kier alpha value is -2.68. The summed E-state index contributed by atoms with van der Waals surface area (Å²) in [5, 5.41) is 4.98. The summed E-state index contributed by atoms with van der Waals surface area (Å²) >= 11 is 0. The molecule has 0 radical (unpaired) electrons. The Balaban J connectivity index is 1.75. The van der Waals surface area contributed by atoms with Crippen LogP contribution in [0, 0.1) is 5.82 Å². The van der Waals surface area contributed by atoms with E-state index in [0.717, 1.165) is 16.5 Å². The molecule has 0 fully saturated rings. The first kappa shape index (κ1) is 13.3. The molecule has 0 heterocycles. The molecule has 3 heteroatoms. The zero-order valence-electron chi connectivity index (χ0n) is 11.3. The van der Waals surface area contributed by atoms with Crippen molar-refractivity contribution in [1.82, 2.24) is 0 Å². The first-order valence-electron chi connectivity index (χ1n) is 6.74. The molecule has 0 spiro atoms. The fourth-order valence-corrected chi connectivity index (χ4v) is 2.29. The predicted molar refractivity (Wildman–Crippen MR) is 82.7 cm³/mol. The van der Waals surface area contributed by atoms with Gasteiger partial charge in [-0.25, -0.2) is 4.39 Å². The molecule has 1 N–H and O–H groups in total. The summed E-state index contributed by atoms with van der Waals surface area (Å²) in [7, 11) is 0. The van der Waals surface area contributed by atoms with Crippen LogP contribution in [0.2, 0.25) is 0 Å². The molecule has 0 aliphatic rings. The summed E-state index contributed by atoms with van der Waals surface area (Å²) in [5.74, 6) is -0.582. The van der Waals surface area contributed by atoms with Crippen LogP contribution in [0.4, 0.5) is 10.1 Å². The molecule has 0 atom stereocenters. The van der Waals surface area contributed by atoms with Crippen molar-refractivity contribution >= 4 is 22.4 Å². The minimum absolute atomic E-state index is 0.0273. The monoisotopic (exact) mass is 279 g/mol. The minimum atomic E-state index is -0.355. The molecule has 0 aliphatic heterocycles. The van der Waals surface area contributed by atoms with Crippen molar-refractivity contribution in [2.75, 3.05) is 5.32 Å². The fourth-order valence-electron chi connectivity index (χ4n) is 2.29. The SMILES string of the molecule is O=C(Cc1ccccc1F)Nc1ccc2ccccc2c1. The molecule has 0 aliphatic carbocycles. The number of halogens is 1. The lowest BCUT2D eigenvalue weighted by Gasteiger charge is -2.07. The maximum atomic E-state index is 13.5. The van der Waals surface area contributed by atoms with Crippen LogP contribution in [0.15, 0.2) is 66.7 Å². The van der Waals surface area contributed by atoms with Crippen LogP contribution in [-0.2, 0) is 11.2 Å². The normalized spacial score (nSPS) is 10.5. The summed E-state index contributed by atoms with van der Waals surface area (Å²) in [6, 6.07) is 20.0. The number of carbonyl (C=O) groups excluding carboxylic acids is 1. The Kier molecular flexibility index (Phi) is 3.65. The number of benzene rings is 3. The lowest BCUT2D eigenvalue weighted by Crippen LogP contribution is -2.15.